The van der Waals surface area contributed by atoms with Gasteiger partial charge >= 0.3 is 0 Å². The van der Waals surface area contributed by atoms with Crippen molar-refractivity contribution in [3.63, 3.8) is 0 Å². The number of hydrogen-bond donors (Lipinski definition) is 2. The number of hydrogen-bond acceptors (Lipinski definition) is 7. The minimum Gasteiger partial charge on any atom is -0.357 e. The number of sulfonamides is 1. The van der Waals surface area contributed by atoms with Gasteiger partial charge in [-0.25, -0.2) is 13.4 Å². The van der Waals surface area contributed by atoms with E-state index in [4.69, 9.17) is 0 Å². The van der Waals surface area contributed by atoms with Crippen molar-refractivity contribution in [1.82, 2.24) is 19.7 Å². The number of anilines is 4. The molecule has 0 bridgehead atoms. The van der Waals surface area contributed by atoms with E-state index in [1.54, 1.807) is 49.8 Å². The van der Waals surface area contributed by atoms with Crippen LogP contribution in [0.25, 0.3) is 0 Å². The summed E-state index contributed by atoms with van der Waals surface area (Å²) in [5.41, 5.74) is 3.14. The van der Waals surface area contributed by atoms with E-state index < -0.39 is 10.0 Å². The highest BCUT2D eigenvalue weighted by Crippen LogP contribution is 2.24. The summed E-state index contributed by atoms with van der Waals surface area (Å²) in [6, 6.07) is 8.91. The molecule has 0 amide bonds. The van der Waals surface area contributed by atoms with Crippen LogP contribution in [0.2, 0.25) is 0 Å². The molecule has 0 aliphatic rings. The van der Waals surface area contributed by atoms with Crippen LogP contribution in [0.15, 0.2) is 35.2 Å². The van der Waals surface area contributed by atoms with Gasteiger partial charge in [-0.15, -0.1) is 0 Å². The van der Waals surface area contributed by atoms with Gasteiger partial charge in [0.15, 0.2) is 0 Å². The number of aryl methyl sites for hydroxylation is 3. The molecule has 0 fully saturated rings. The molecule has 9 nitrogen and oxygen atoms in total. The lowest BCUT2D eigenvalue weighted by atomic mass is 10.3. The maximum Gasteiger partial charge on any atom is 0.265 e. The summed E-state index contributed by atoms with van der Waals surface area (Å²) in [5, 5.41) is 7.38. The molecule has 31 heavy (non-hydrogen) atoms. The zero-order valence-electron chi connectivity index (χ0n) is 18.8. The normalized spacial score (nSPS) is 11.4. The SMILES string of the molecule is CCN(CC)c1cc(C)nc(Nc2ccc(NS(=O)(=O)c3c(C)nn(C)c3C)cc2)n1. The van der Waals surface area contributed by atoms with Crippen molar-refractivity contribution in [2.75, 3.05) is 28.0 Å². The van der Waals surface area contributed by atoms with Crippen molar-refractivity contribution in [1.29, 1.82) is 0 Å². The Bertz CT molecular complexity index is 1170. The van der Waals surface area contributed by atoms with Gasteiger partial charge < -0.3 is 10.2 Å². The maximum absolute atomic E-state index is 12.8. The van der Waals surface area contributed by atoms with E-state index in [9.17, 15) is 8.42 Å². The summed E-state index contributed by atoms with van der Waals surface area (Å²) in [7, 11) is -2.01. The molecular weight excluding hydrogens is 414 g/mol. The van der Waals surface area contributed by atoms with Crippen LogP contribution in [0.5, 0.6) is 0 Å². The van der Waals surface area contributed by atoms with Crippen LogP contribution in [-0.2, 0) is 17.1 Å². The summed E-state index contributed by atoms with van der Waals surface area (Å²) in [4.78, 5) is 11.4. The summed E-state index contributed by atoms with van der Waals surface area (Å²) < 4.78 is 29.8. The van der Waals surface area contributed by atoms with Gasteiger partial charge in [-0.3, -0.25) is 9.40 Å². The first-order chi connectivity index (χ1) is 14.6. The van der Waals surface area contributed by atoms with Crippen LogP contribution in [0.1, 0.15) is 30.9 Å². The fraction of sp³-hybridized carbons (Fsp3) is 0.381. The Labute approximate surface area is 183 Å². The maximum atomic E-state index is 12.8. The Balaban J connectivity index is 1.78. The fourth-order valence-electron chi connectivity index (χ4n) is 3.42. The molecule has 2 heterocycles. The fourth-order valence-corrected chi connectivity index (χ4v) is 4.92. The third kappa shape index (κ3) is 4.96. The first-order valence-corrected chi connectivity index (χ1v) is 11.6. The van der Waals surface area contributed by atoms with Crippen LogP contribution in [0.4, 0.5) is 23.1 Å². The van der Waals surface area contributed by atoms with Crippen molar-refractivity contribution >= 4 is 33.2 Å². The number of rotatable bonds is 8. The van der Waals surface area contributed by atoms with E-state index in [0.717, 1.165) is 30.3 Å². The minimum atomic E-state index is -3.74. The second kappa shape index (κ2) is 8.93. The van der Waals surface area contributed by atoms with E-state index in [-0.39, 0.29) is 4.90 Å². The lowest BCUT2D eigenvalue weighted by molar-refractivity contribution is 0.599. The van der Waals surface area contributed by atoms with E-state index in [2.05, 4.69) is 43.9 Å². The molecule has 2 aromatic heterocycles. The van der Waals surface area contributed by atoms with E-state index in [1.165, 1.54) is 0 Å². The number of nitrogens with one attached hydrogen (secondary N) is 2. The number of aromatic nitrogens is 4. The molecule has 0 aliphatic heterocycles. The van der Waals surface area contributed by atoms with Crippen molar-refractivity contribution in [3.8, 4) is 0 Å². The van der Waals surface area contributed by atoms with Gasteiger partial charge in [0.1, 0.15) is 10.7 Å². The van der Waals surface area contributed by atoms with E-state index >= 15 is 0 Å². The molecule has 2 N–H and O–H groups in total. The molecule has 0 saturated heterocycles. The average Bonchev–Trinajstić information content (AvgIpc) is 2.96. The third-order valence-corrected chi connectivity index (χ3v) is 6.67. The zero-order chi connectivity index (χ0) is 22.8. The van der Waals surface area contributed by atoms with Gasteiger partial charge in [-0.1, -0.05) is 0 Å². The summed E-state index contributed by atoms with van der Waals surface area (Å²) in [5.74, 6) is 1.36. The van der Waals surface area contributed by atoms with E-state index in [0.29, 0.717) is 23.0 Å². The van der Waals surface area contributed by atoms with Crippen LogP contribution < -0.4 is 14.9 Å². The first kappa shape index (κ1) is 22.5. The van der Waals surface area contributed by atoms with Gasteiger partial charge in [0, 0.05) is 43.3 Å². The predicted molar refractivity (Wildman–Crippen MR) is 124 cm³/mol. The molecule has 0 saturated carbocycles. The standard InChI is InChI=1S/C21H29N7O2S/c1-7-28(8-2)19-13-14(3)22-21(24-19)23-17-9-11-18(12-10-17)26-31(29,30)20-15(4)25-27(6)16(20)5/h9-13,26H,7-8H2,1-6H3,(H,22,23,24). The zero-order valence-corrected chi connectivity index (χ0v) is 19.6. The van der Waals surface area contributed by atoms with Crippen molar-refractivity contribution in [3.05, 3.63) is 47.4 Å². The highest BCUT2D eigenvalue weighted by molar-refractivity contribution is 7.92. The quantitative estimate of drug-likeness (QED) is 0.549. The molecule has 10 heteroatoms. The van der Waals surface area contributed by atoms with Crippen LogP contribution >= 0.6 is 0 Å². The molecule has 0 radical (unpaired) electrons. The molecule has 166 valence electrons. The second-order valence-electron chi connectivity index (χ2n) is 7.29. The minimum absolute atomic E-state index is 0.203. The van der Waals surface area contributed by atoms with Crippen molar-refractivity contribution < 1.29 is 8.42 Å². The Kier molecular flexibility index (Phi) is 6.49. The molecular formula is C21H29N7O2S. The first-order valence-electron chi connectivity index (χ1n) is 10.1. The Morgan fingerprint density at radius 2 is 1.61 bits per heavy atom. The van der Waals surface area contributed by atoms with Gasteiger partial charge in [0.05, 0.1) is 11.4 Å². The van der Waals surface area contributed by atoms with Crippen LogP contribution in [-0.4, -0.2) is 41.3 Å². The Morgan fingerprint density at radius 1 is 1.00 bits per heavy atom. The molecule has 3 rings (SSSR count). The largest absolute Gasteiger partial charge is 0.357 e. The molecule has 0 unspecified atom stereocenters. The second-order valence-corrected chi connectivity index (χ2v) is 8.91. The van der Waals surface area contributed by atoms with E-state index in [1.807, 2.05) is 13.0 Å². The third-order valence-electron chi connectivity index (χ3n) is 5.03. The monoisotopic (exact) mass is 443 g/mol. The average molecular weight is 444 g/mol. The number of benzene rings is 1. The van der Waals surface area contributed by atoms with Crippen molar-refractivity contribution in [2.45, 2.75) is 39.5 Å². The lowest BCUT2D eigenvalue weighted by Crippen LogP contribution is -2.23. The molecule has 1 aromatic carbocycles. The van der Waals surface area contributed by atoms with Crippen molar-refractivity contribution in [2.24, 2.45) is 7.05 Å². The molecule has 0 atom stereocenters. The Hall–Kier alpha value is -3.14. The van der Waals surface area contributed by atoms with Gasteiger partial charge in [-0.05, 0) is 58.9 Å². The highest BCUT2D eigenvalue weighted by atomic mass is 32.2. The molecule has 0 spiro atoms. The van der Waals surface area contributed by atoms with Crippen LogP contribution in [0, 0.1) is 20.8 Å². The van der Waals surface area contributed by atoms with Gasteiger partial charge in [0.25, 0.3) is 10.0 Å². The molecule has 3 aromatic rings. The predicted octanol–water partition coefficient (Wildman–Crippen LogP) is 3.53. The summed E-state index contributed by atoms with van der Waals surface area (Å²) in [6.07, 6.45) is 0. The van der Waals surface area contributed by atoms with Gasteiger partial charge in [-0.2, -0.15) is 10.1 Å². The van der Waals surface area contributed by atoms with Crippen LogP contribution in [0.3, 0.4) is 0 Å². The topological polar surface area (TPSA) is 105 Å². The number of nitrogens with zero attached hydrogens (tertiary/aromatic N) is 5. The highest BCUT2D eigenvalue weighted by Gasteiger charge is 2.23. The smallest absolute Gasteiger partial charge is 0.265 e. The summed E-state index contributed by atoms with van der Waals surface area (Å²) >= 11 is 0. The lowest BCUT2D eigenvalue weighted by Gasteiger charge is -2.20. The van der Waals surface area contributed by atoms with Gasteiger partial charge in [0.2, 0.25) is 5.95 Å². The summed E-state index contributed by atoms with van der Waals surface area (Å²) in [6.45, 7) is 11.2. The molecule has 0 aliphatic carbocycles. The Morgan fingerprint density at radius 3 is 2.16 bits per heavy atom.